The number of nitrogens with zero attached hydrogens (tertiary/aromatic N) is 3. The standard InChI is InChI=1S/C52H42BN3/c1-52(2,3)39-30-27-37(28-31-39)38-29-33-45-49(35-38)55(42-21-12-6-13-22-42)47-25-16-26-48-51(47)53(45)46-34-32-44(36-50(46)56(48)43-23-14-7-15-24-43)54(40-17-8-4-9-18-40)41-19-10-5-11-20-41/h4-36H,1-3H3. The zero-order valence-electron chi connectivity index (χ0n) is 32.0. The first kappa shape index (κ1) is 33.8. The van der Waals surface area contributed by atoms with E-state index >= 15 is 0 Å². The van der Waals surface area contributed by atoms with Gasteiger partial charge in [0.1, 0.15) is 0 Å². The van der Waals surface area contributed by atoms with Gasteiger partial charge in [-0.3, -0.25) is 0 Å². The number of hydrogen-bond acceptors (Lipinski definition) is 3. The predicted molar refractivity (Wildman–Crippen MR) is 239 cm³/mol. The van der Waals surface area contributed by atoms with Gasteiger partial charge in [-0.2, -0.15) is 0 Å². The molecular weight excluding hydrogens is 677 g/mol. The summed E-state index contributed by atoms with van der Waals surface area (Å²) in [5.41, 5.74) is 18.2. The molecule has 268 valence electrons. The Morgan fingerprint density at radius 1 is 0.393 bits per heavy atom. The number of fused-ring (bicyclic) bond motifs is 4. The first-order valence-corrected chi connectivity index (χ1v) is 19.6. The molecule has 0 saturated carbocycles. The normalized spacial score (nSPS) is 12.8. The topological polar surface area (TPSA) is 9.72 Å². The fourth-order valence-corrected chi connectivity index (χ4v) is 8.71. The minimum atomic E-state index is 0.0272. The molecule has 2 heterocycles. The molecule has 8 aromatic carbocycles. The summed E-state index contributed by atoms with van der Waals surface area (Å²) in [5.74, 6) is 0. The van der Waals surface area contributed by atoms with Crippen LogP contribution in [0.25, 0.3) is 11.1 Å². The molecule has 0 aliphatic carbocycles. The van der Waals surface area contributed by atoms with Crippen molar-refractivity contribution < 1.29 is 0 Å². The Morgan fingerprint density at radius 2 is 0.857 bits per heavy atom. The first-order valence-electron chi connectivity index (χ1n) is 19.6. The molecule has 0 N–H and O–H groups in total. The average molecular weight is 720 g/mol. The highest BCUT2D eigenvalue weighted by Gasteiger charge is 2.43. The third kappa shape index (κ3) is 5.69. The molecule has 4 heteroatoms. The van der Waals surface area contributed by atoms with E-state index in [9.17, 15) is 0 Å². The maximum atomic E-state index is 2.48. The maximum Gasteiger partial charge on any atom is 0.252 e. The quantitative estimate of drug-likeness (QED) is 0.158. The van der Waals surface area contributed by atoms with Gasteiger partial charge in [0.25, 0.3) is 6.71 Å². The lowest BCUT2D eigenvalue weighted by molar-refractivity contribution is 0.590. The Kier molecular flexibility index (Phi) is 8.15. The molecule has 0 atom stereocenters. The highest BCUT2D eigenvalue weighted by Crippen LogP contribution is 2.46. The van der Waals surface area contributed by atoms with Gasteiger partial charge in [0.05, 0.1) is 0 Å². The second kappa shape index (κ2) is 13.5. The van der Waals surface area contributed by atoms with Gasteiger partial charge in [-0.15, -0.1) is 0 Å². The number of benzene rings is 8. The van der Waals surface area contributed by atoms with E-state index in [0.717, 1.165) is 28.4 Å². The molecule has 10 rings (SSSR count). The molecule has 2 aliphatic rings. The minimum Gasteiger partial charge on any atom is -0.311 e. The van der Waals surface area contributed by atoms with Gasteiger partial charge in [0, 0.05) is 51.2 Å². The second-order valence-electron chi connectivity index (χ2n) is 15.8. The lowest BCUT2D eigenvalue weighted by Crippen LogP contribution is -2.61. The van der Waals surface area contributed by atoms with Crippen LogP contribution in [0.2, 0.25) is 0 Å². The molecule has 0 amide bonds. The Bertz CT molecular complexity index is 2630. The summed E-state index contributed by atoms with van der Waals surface area (Å²) < 4.78 is 0. The number of rotatable bonds is 6. The van der Waals surface area contributed by atoms with E-state index in [1.165, 1.54) is 55.8 Å². The van der Waals surface area contributed by atoms with Crippen molar-refractivity contribution in [3.63, 3.8) is 0 Å². The van der Waals surface area contributed by atoms with Crippen molar-refractivity contribution in [3.05, 3.63) is 206 Å². The molecule has 0 saturated heterocycles. The van der Waals surface area contributed by atoms with Gasteiger partial charge in [-0.25, -0.2) is 0 Å². The van der Waals surface area contributed by atoms with Crippen LogP contribution in [0.1, 0.15) is 26.3 Å². The van der Waals surface area contributed by atoms with Gasteiger partial charge < -0.3 is 14.7 Å². The Balaban J connectivity index is 1.21. The van der Waals surface area contributed by atoms with Crippen LogP contribution in [0.3, 0.4) is 0 Å². The summed E-state index contributed by atoms with van der Waals surface area (Å²) in [6.07, 6.45) is 0. The largest absolute Gasteiger partial charge is 0.311 e. The molecule has 0 fully saturated rings. The minimum absolute atomic E-state index is 0.0272. The first-order chi connectivity index (χ1) is 27.4. The number of para-hydroxylation sites is 4. The third-order valence-corrected chi connectivity index (χ3v) is 11.4. The van der Waals surface area contributed by atoms with Crippen molar-refractivity contribution in [1.29, 1.82) is 0 Å². The zero-order chi connectivity index (χ0) is 37.8. The maximum absolute atomic E-state index is 2.48. The summed E-state index contributed by atoms with van der Waals surface area (Å²) >= 11 is 0. The second-order valence-corrected chi connectivity index (χ2v) is 15.8. The van der Waals surface area contributed by atoms with Crippen molar-refractivity contribution in [2.45, 2.75) is 26.2 Å². The molecule has 2 aliphatic heterocycles. The van der Waals surface area contributed by atoms with E-state index in [2.05, 4.69) is 236 Å². The van der Waals surface area contributed by atoms with E-state index in [0.29, 0.717) is 0 Å². The van der Waals surface area contributed by atoms with Crippen LogP contribution in [-0.2, 0) is 5.41 Å². The molecule has 0 bridgehead atoms. The molecular formula is C52H42BN3. The lowest BCUT2D eigenvalue weighted by Gasteiger charge is -2.44. The van der Waals surface area contributed by atoms with E-state index in [1.54, 1.807) is 0 Å². The van der Waals surface area contributed by atoms with E-state index in [1.807, 2.05) is 0 Å². The van der Waals surface area contributed by atoms with Gasteiger partial charge in [0.2, 0.25) is 0 Å². The summed E-state index contributed by atoms with van der Waals surface area (Å²) in [7, 11) is 0. The fraction of sp³-hybridized carbons (Fsp3) is 0.0769. The van der Waals surface area contributed by atoms with Gasteiger partial charge in [-0.1, -0.05) is 142 Å². The Hall–Kier alpha value is -6.78. The van der Waals surface area contributed by atoms with Crippen LogP contribution in [0, 0.1) is 0 Å². The van der Waals surface area contributed by atoms with Crippen LogP contribution >= 0.6 is 0 Å². The van der Waals surface area contributed by atoms with Crippen LogP contribution in [0.5, 0.6) is 0 Å². The molecule has 0 aromatic heterocycles. The summed E-state index contributed by atoms with van der Waals surface area (Å²) in [4.78, 5) is 7.31. The number of anilines is 9. The lowest BCUT2D eigenvalue weighted by atomic mass is 9.33. The average Bonchev–Trinajstić information content (AvgIpc) is 3.24. The van der Waals surface area contributed by atoms with E-state index < -0.39 is 0 Å². The highest BCUT2D eigenvalue weighted by atomic mass is 15.2. The summed E-state index contributed by atoms with van der Waals surface area (Å²) in [6.45, 7) is 6.85. The van der Waals surface area contributed by atoms with Crippen molar-refractivity contribution in [2.24, 2.45) is 0 Å². The predicted octanol–water partition coefficient (Wildman–Crippen LogP) is 12.2. The van der Waals surface area contributed by atoms with Crippen LogP contribution in [-0.4, -0.2) is 6.71 Å². The van der Waals surface area contributed by atoms with Crippen molar-refractivity contribution in [3.8, 4) is 11.1 Å². The van der Waals surface area contributed by atoms with Gasteiger partial charge in [0.15, 0.2) is 0 Å². The smallest absolute Gasteiger partial charge is 0.252 e. The molecule has 0 radical (unpaired) electrons. The highest BCUT2D eigenvalue weighted by molar-refractivity contribution is 7.00. The molecule has 3 nitrogen and oxygen atoms in total. The fourth-order valence-electron chi connectivity index (χ4n) is 8.71. The monoisotopic (exact) mass is 719 g/mol. The van der Waals surface area contributed by atoms with Crippen molar-refractivity contribution >= 4 is 74.3 Å². The van der Waals surface area contributed by atoms with Crippen LogP contribution in [0.4, 0.5) is 51.2 Å². The number of hydrogen-bond donors (Lipinski definition) is 0. The third-order valence-electron chi connectivity index (χ3n) is 11.4. The Morgan fingerprint density at radius 3 is 1.38 bits per heavy atom. The molecule has 56 heavy (non-hydrogen) atoms. The van der Waals surface area contributed by atoms with Crippen molar-refractivity contribution in [1.82, 2.24) is 0 Å². The van der Waals surface area contributed by atoms with Crippen LogP contribution < -0.4 is 31.1 Å². The zero-order valence-corrected chi connectivity index (χ0v) is 32.0. The van der Waals surface area contributed by atoms with Gasteiger partial charge in [-0.05, 0) is 117 Å². The molecule has 0 spiro atoms. The molecule has 0 unspecified atom stereocenters. The van der Waals surface area contributed by atoms with E-state index in [-0.39, 0.29) is 12.1 Å². The SMILES string of the molecule is CC(C)(C)c1ccc(-c2ccc3c(c2)N(c2ccccc2)c2cccc4c2B3c2ccc(N(c3ccccc3)c3ccccc3)cc2N4c2ccccc2)cc1. The van der Waals surface area contributed by atoms with Crippen LogP contribution in [0.15, 0.2) is 200 Å². The summed E-state index contributed by atoms with van der Waals surface area (Å²) in [5, 5.41) is 0. The Labute approximate surface area is 330 Å². The van der Waals surface area contributed by atoms with Gasteiger partial charge >= 0.3 is 0 Å². The summed E-state index contributed by atoms with van der Waals surface area (Å²) in [6, 6.07) is 73.2. The van der Waals surface area contributed by atoms with Crippen molar-refractivity contribution in [2.75, 3.05) is 14.7 Å². The van der Waals surface area contributed by atoms with E-state index in [4.69, 9.17) is 0 Å². The molecule has 8 aromatic rings.